The van der Waals surface area contributed by atoms with Crippen molar-refractivity contribution in [3.63, 3.8) is 0 Å². The lowest BCUT2D eigenvalue weighted by molar-refractivity contribution is -0.130. The van der Waals surface area contributed by atoms with Crippen LogP contribution in [0.5, 0.6) is 0 Å². The fraction of sp³-hybridized carbons (Fsp3) is 0.550. The van der Waals surface area contributed by atoms with Crippen LogP contribution in [0.4, 0.5) is 5.69 Å². The molecule has 1 aliphatic rings. The molecule has 1 fully saturated rings. The van der Waals surface area contributed by atoms with Gasteiger partial charge in [0.1, 0.15) is 0 Å². The monoisotopic (exact) mass is 359 g/mol. The highest BCUT2D eigenvalue weighted by atomic mass is 16.2. The van der Waals surface area contributed by atoms with E-state index in [1.165, 1.54) is 0 Å². The summed E-state index contributed by atoms with van der Waals surface area (Å²) in [7, 11) is 0. The van der Waals surface area contributed by atoms with E-state index in [9.17, 15) is 14.4 Å². The number of anilines is 1. The molecular weight excluding hydrogens is 330 g/mol. The fourth-order valence-corrected chi connectivity index (χ4v) is 2.95. The minimum Gasteiger partial charge on any atom is -0.352 e. The van der Waals surface area contributed by atoms with Gasteiger partial charge in [-0.05, 0) is 38.0 Å². The predicted octanol–water partition coefficient (Wildman–Crippen LogP) is 2.54. The molecule has 0 aromatic heterocycles. The molecule has 3 amide bonds. The number of carbonyl (C=O) groups is 3. The lowest BCUT2D eigenvalue weighted by Crippen LogP contribution is -2.35. The fourth-order valence-electron chi connectivity index (χ4n) is 2.95. The first kappa shape index (κ1) is 19.9. The first-order chi connectivity index (χ1) is 12.3. The molecule has 2 atom stereocenters. The number of amides is 3. The Morgan fingerprint density at radius 1 is 1.27 bits per heavy atom. The van der Waals surface area contributed by atoms with E-state index in [0.29, 0.717) is 13.1 Å². The SMILES string of the molecule is CC[C@@H](C)C(=O)Nc1cccc(CNC(=O)[C@H]2CC(=O)N(C(C)C)C2)c1. The smallest absolute Gasteiger partial charge is 0.227 e. The summed E-state index contributed by atoms with van der Waals surface area (Å²) in [5.41, 5.74) is 1.63. The molecule has 2 rings (SSSR count). The Kier molecular flexibility index (Phi) is 6.77. The molecule has 0 bridgehead atoms. The maximum absolute atomic E-state index is 12.4. The van der Waals surface area contributed by atoms with Crippen molar-refractivity contribution in [2.24, 2.45) is 11.8 Å². The highest BCUT2D eigenvalue weighted by Crippen LogP contribution is 2.20. The van der Waals surface area contributed by atoms with Gasteiger partial charge < -0.3 is 15.5 Å². The van der Waals surface area contributed by atoms with Crippen molar-refractivity contribution in [3.8, 4) is 0 Å². The van der Waals surface area contributed by atoms with Crippen LogP contribution in [-0.4, -0.2) is 35.2 Å². The van der Waals surface area contributed by atoms with Gasteiger partial charge in [0.05, 0.1) is 5.92 Å². The van der Waals surface area contributed by atoms with E-state index >= 15 is 0 Å². The average Bonchev–Trinajstić information content (AvgIpc) is 3.01. The number of carbonyl (C=O) groups excluding carboxylic acids is 3. The second-order valence-corrected chi connectivity index (χ2v) is 7.26. The average molecular weight is 359 g/mol. The zero-order valence-electron chi connectivity index (χ0n) is 16.0. The van der Waals surface area contributed by atoms with E-state index in [1.807, 2.05) is 52.0 Å². The van der Waals surface area contributed by atoms with Gasteiger partial charge in [-0.15, -0.1) is 0 Å². The molecule has 6 heteroatoms. The number of hydrogen-bond acceptors (Lipinski definition) is 3. The zero-order chi connectivity index (χ0) is 19.3. The first-order valence-corrected chi connectivity index (χ1v) is 9.28. The zero-order valence-corrected chi connectivity index (χ0v) is 16.0. The van der Waals surface area contributed by atoms with Crippen molar-refractivity contribution in [2.75, 3.05) is 11.9 Å². The standard InChI is InChI=1S/C20H29N3O3/c1-5-14(4)19(25)22-17-8-6-7-15(9-17)11-21-20(26)16-10-18(24)23(12-16)13(2)3/h6-9,13-14,16H,5,10-12H2,1-4H3,(H,21,26)(H,22,25)/t14-,16+/m1/s1. The van der Waals surface area contributed by atoms with Crippen LogP contribution in [0.2, 0.25) is 0 Å². The van der Waals surface area contributed by atoms with Gasteiger partial charge in [0.15, 0.2) is 0 Å². The van der Waals surface area contributed by atoms with Crippen molar-refractivity contribution in [3.05, 3.63) is 29.8 Å². The third-order valence-corrected chi connectivity index (χ3v) is 4.87. The number of rotatable bonds is 7. The number of likely N-dealkylation sites (tertiary alicyclic amines) is 1. The number of benzene rings is 1. The Morgan fingerprint density at radius 2 is 2.00 bits per heavy atom. The predicted molar refractivity (Wildman–Crippen MR) is 101 cm³/mol. The van der Waals surface area contributed by atoms with Gasteiger partial charge in [-0.25, -0.2) is 0 Å². The highest BCUT2D eigenvalue weighted by molar-refractivity contribution is 5.92. The molecule has 1 aromatic rings. The van der Waals surface area contributed by atoms with Crippen LogP contribution < -0.4 is 10.6 Å². The molecule has 1 heterocycles. The van der Waals surface area contributed by atoms with Crippen molar-refractivity contribution < 1.29 is 14.4 Å². The quantitative estimate of drug-likeness (QED) is 0.785. The molecular formula is C20H29N3O3. The molecule has 1 aliphatic heterocycles. The molecule has 2 N–H and O–H groups in total. The van der Waals surface area contributed by atoms with Crippen molar-refractivity contribution >= 4 is 23.4 Å². The third kappa shape index (κ3) is 5.07. The minimum absolute atomic E-state index is 0.00747. The van der Waals surface area contributed by atoms with Gasteiger partial charge >= 0.3 is 0 Å². The summed E-state index contributed by atoms with van der Waals surface area (Å²) >= 11 is 0. The normalized spacial score (nSPS) is 18.1. The first-order valence-electron chi connectivity index (χ1n) is 9.28. The van der Waals surface area contributed by atoms with Gasteiger partial charge in [-0.1, -0.05) is 26.0 Å². The van der Waals surface area contributed by atoms with Gasteiger partial charge in [-0.3, -0.25) is 14.4 Å². The van der Waals surface area contributed by atoms with E-state index < -0.39 is 0 Å². The van der Waals surface area contributed by atoms with Gasteiger partial charge in [0.2, 0.25) is 17.7 Å². The van der Waals surface area contributed by atoms with E-state index in [4.69, 9.17) is 0 Å². The molecule has 0 radical (unpaired) electrons. The Labute approximate surface area is 155 Å². The van der Waals surface area contributed by atoms with Crippen LogP contribution in [0.25, 0.3) is 0 Å². The van der Waals surface area contributed by atoms with Crippen LogP contribution in [0, 0.1) is 11.8 Å². The molecule has 0 unspecified atom stereocenters. The number of nitrogens with zero attached hydrogens (tertiary/aromatic N) is 1. The summed E-state index contributed by atoms with van der Waals surface area (Å²) in [5.74, 6) is -0.405. The van der Waals surface area contributed by atoms with Crippen LogP contribution in [0.3, 0.4) is 0 Å². The molecule has 1 aromatic carbocycles. The molecule has 0 saturated carbocycles. The Bertz CT molecular complexity index is 672. The van der Waals surface area contributed by atoms with Gasteiger partial charge in [0.25, 0.3) is 0 Å². The van der Waals surface area contributed by atoms with E-state index in [2.05, 4.69) is 10.6 Å². The Morgan fingerprint density at radius 3 is 2.62 bits per heavy atom. The topological polar surface area (TPSA) is 78.5 Å². The number of nitrogens with one attached hydrogen (secondary N) is 2. The second-order valence-electron chi connectivity index (χ2n) is 7.26. The molecule has 0 aliphatic carbocycles. The lowest BCUT2D eigenvalue weighted by atomic mass is 10.1. The molecule has 26 heavy (non-hydrogen) atoms. The molecule has 1 saturated heterocycles. The van der Waals surface area contributed by atoms with E-state index in [1.54, 1.807) is 4.90 Å². The van der Waals surface area contributed by atoms with Crippen LogP contribution >= 0.6 is 0 Å². The van der Waals surface area contributed by atoms with Crippen molar-refractivity contribution in [1.82, 2.24) is 10.2 Å². The largest absolute Gasteiger partial charge is 0.352 e. The van der Waals surface area contributed by atoms with E-state index in [-0.39, 0.29) is 42.0 Å². The van der Waals surface area contributed by atoms with Crippen LogP contribution in [-0.2, 0) is 20.9 Å². The summed E-state index contributed by atoms with van der Waals surface area (Å²) in [6.07, 6.45) is 1.06. The second kappa shape index (κ2) is 8.83. The summed E-state index contributed by atoms with van der Waals surface area (Å²) in [5, 5.41) is 5.80. The highest BCUT2D eigenvalue weighted by Gasteiger charge is 2.35. The van der Waals surface area contributed by atoms with Crippen LogP contribution in [0.15, 0.2) is 24.3 Å². The summed E-state index contributed by atoms with van der Waals surface area (Å²) in [6.45, 7) is 8.63. The Hall–Kier alpha value is -2.37. The van der Waals surface area contributed by atoms with Gasteiger partial charge in [0, 0.05) is 37.2 Å². The third-order valence-electron chi connectivity index (χ3n) is 4.87. The lowest BCUT2D eigenvalue weighted by Gasteiger charge is -2.20. The van der Waals surface area contributed by atoms with Crippen molar-refractivity contribution in [1.29, 1.82) is 0 Å². The minimum atomic E-state index is -0.293. The summed E-state index contributed by atoms with van der Waals surface area (Å²) in [6, 6.07) is 7.57. The molecule has 0 spiro atoms. The maximum atomic E-state index is 12.4. The Balaban J connectivity index is 1.90. The summed E-state index contributed by atoms with van der Waals surface area (Å²) in [4.78, 5) is 38.0. The summed E-state index contributed by atoms with van der Waals surface area (Å²) < 4.78 is 0. The van der Waals surface area contributed by atoms with Crippen molar-refractivity contribution in [2.45, 2.75) is 53.1 Å². The molecule has 142 valence electrons. The molecule has 6 nitrogen and oxygen atoms in total. The van der Waals surface area contributed by atoms with Gasteiger partial charge in [-0.2, -0.15) is 0 Å². The van der Waals surface area contributed by atoms with E-state index in [0.717, 1.165) is 17.7 Å². The maximum Gasteiger partial charge on any atom is 0.227 e. The van der Waals surface area contributed by atoms with Crippen LogP contribution in [0.1, 0.15) is 46.1 Å². The number of hydrogen-bond donors (Lipinski definition) is 2.